The molecule has 0 spiro atoms. The number of hydrogen-bond donors (Lipinski definition) is 3. The van der Waals surface area contributed by atoms with Crippen molar-refractivity contribution in [1.82, 2.24) is 5.32 Å². The smallest absolute Gasteiger partial charge is 0.0607 e. The van der Waals surface area contributed by atoms with Gasteiger partial charge in [0.15, 0.2) is 0 Å². The van der Waals surface area contributed by atoms with Crippen LogP contribution in [0.5, 0.6) is 0 Å². The van der Waals surface area contributed by atoms with E-state index in [1.807, 2.05) is 11.8 Å². The van der Waals surface area contributed by atoms with Crippen molar-refractivity contribution in [3.05, 3.63) is 29.3 Å². The molecule has 0 amide bonds. The number of aliphatic hydroxyl groups excluding tert-OH is 2. The summed E-state index contributed by atoms with van der Waals surface area (Å²) < 4.78 is 0. The largest absolute Gasteiger partial charge is 0.395 e. The van der Waals surface area contributed by atoms with Gasteiger partial charge in [0.05, 0.1) is 19.3 Å². The maximum absolute atomic E-state index is 8.96. The van der Waals surface area contributed by atoms with E-state index in [0.29, 0.717) is 0 Å². The Bertz CT molecular complexity index is 380. The molecule has 2 rings (SSSR count). The molecular formula is C14H21NO2S. The van der Waals surface area contributed by atoms with Crippen LogP contribution < -0.4 is 5.32 Å². The molecule has 0 bridgehead atoms. The Morgan fingerprint density at radius 3 is 2.89 bits per heavy atom. The third-order valence-electron chi connectivity index (χ3n) is 3.26. The van der Waals surface area contributed by atoms with Gasteiger partial charge in [0.2, 0.25) is 0 Å². The van der Waals surface area contributed by atoms with E-state index in [1.54, 1.807) is 0 Å². The molecule has 1 heterocycles. The molecular weight excluding hydrogens is 246 g/mol. The predicted octanol–water partition coefficient (Wildman–Crippen LogP) is 1.21. The van der Waals surface area contributed by atoms with Gasteiger partial charge in [0.25, 0.3) is 0 Å². The maximum Gasteiger partial charge on any atom is 0.0607 e. The van der Waals surface area contributed by atoms with Crippen LogP contribution in [-0.2, 0) is 12.8 Å². The highest BCUT2D eigenvalue weighted by molar-refractivity contribution is 7.99. The van der Waals surface area contributed by atoms with E-state index in [0.717, 1.165) is 13.0 Å². The minimum atomic E-state index is -0.196. The quantitative estimate of drug-likeness (QED) is 0.725. The number of rotatable bonds is 6. The molecule has 1 aliphatic rings. The van der Waals surface area contributed by atoms with Crippen molar-refractivity contribution in [1.29, 1.82) is 0 Å². The van der Waals surface area contributed by atoms with E-state index in [9.17, 15) is 0 Å². The van der Waals surface area contributed by atoms with E-state index in [1.165, 1.54) is 34.6 Å². The van der Waals surface area contributed by atoms with E-state index >= 15 is 0 Å². The van der Waals surface area contributed by atoms with E-state index in [4.69, 9.17) is 10.2 Å². The van der Waals surface area contributed by atoms with Crippen LogP contribution in [0.15, 0.2) is 23.1 Å². The molecule has 3 nitrogen and oxygen atoms in total. The van der Waals surface area contributed by atoms with Gasteiger partial charge in [-0.1, -0.05) is 12.1 Å². The summed E-state index contributed by atoms with van der Waals surface area (Å²) in [5.41, 5.74) is 2.81. The van der Waals surface area contributed by atoms with Crippen LogP contribution in [0.3, 0.4) is 0 Å². The van der Waals surface area contributed by atoms with Gasteiger partial charge < -0.3 is 15.5 Å². The molecule has 1 aromatic carbocycles. The highest BCUT2D eigenvalue weighted by Crippen LogP contribution is 2.30. The number of benzene rings is 1. The zero-order valence-electron chi connectivity index (χ0n) is 10.6. The molecule has 4 heteroatoms. The topological polar surface area (TPSA) is 52.5 Å². The van der Waals surface area contributed by atoms with Gasteiger partial charge in [-0.05, 0) is 48.8 Å². The Balaban J connectivity index is 1.86. The summed E-state index contributed by atoms with van der Waals surface area (Å²) in [4.78, 5) is 1.43. The highest BCUT2D eigenvalue weighted by atomic mass is 32.2. The minimum Gasteiger partial charge on any atom is -0.395 e. The van der Waals surface area contributed by atoms with Gasteiger partial charge in [0.1, 0.15) is 0 Å². The summed E-state index contributed by atoms with van der Waals surface area (Å²) in [6.45, 7) is 0.756. The third kappa shape index (κ3) is 3.72. The number of thioether (sulfide) groups is 1. The van der Waals surface area contributed by atoms with Crippen LogP contribution in [0.1, 0.15) is 17.5 Å². The van der Waals surface area contributed by atoms with Gasteiger partial charge in [-0.25, -0.2) is 0 Å². The second-order valence-corrected chi connectivity index (χ2v) is 5.80. The molecule has 1 aromatic rings. The Kier molecular flexibility index (Phi) is 5.50. The Morgan fingerprint density at radius 2 is 2.11 bits per heavy atom. The summed E-state index contributed by atoms with van der Waals surface area (Å²) in [5, 5.41) is 21.1. The summed E-state index contributed by atoms with van der Waals surface area (Å²) in [5.74, 6) is 1.24. The molecule has 0 fully saturated rings. The summed E-state index contributed by atoms with van der Waals surface area (Å²) in [6, 6.07) is 6.52. The Labute approximate surface area is 113 Å². The van der Waals surface area contributed by atoms with Crippen molar-refractivity contribution in [2.24, 2.45) is 0 Å². The fraction of sp³-hybridized carbons (Fsp3) is 0.571. The van der Waals surface area contributed by atoms with Crippen molar-refractivity contribution in [2.75, 3.05) is 25.5 Å². The average molecular weight is 267 g/mol. The molecule has 0 atom stereocenters. The number of nitrogens with one attached hydrogen (secondary N) is 1. The average Bonchev–Trinajstić information content (AvgIpc) is 2.43. The maximum atomic E-state index is 8.96. The first kappa shape index (κ1) is 13.9. The highest BCUT2D eigenvalue weighted by Gasteiger charge is 2.10. The first-order valence-corrected chi connectivity index (χ1v) is 7.51. The van der Waals surface area contributed by atoms with Crippen molar-refractivity contribution in [3.8, 4) is 0 Å². The fourth-order valence-electron chi connectivity index (χ4n) is 2.18. The van der Waals surface area contributed by atoms with E-state index in [-0.39, 0.29) is 19.3 Å². The monoisotopic (exact) mass is 267 g/mol. The summed E-state index contributed by atoms with van der Waals surface area (Å²) in [6.07, 6.45) is 3.41. The van der Waals surface area contributed by atoms with Crippen molar-refractivity contribution < 1.29 is 10.2 Å². The minimum absolute atomic E-state index is 0.0165. The molecule has 3 N–H and O–H groups in total. The van der Waals surface area contributed by atoms with Crippen LogP contribution in [0.2, 0.25) is 0 Å². The fourth-order valence-corrected chi connectivity index (χ4v) is 3.20. The predicted molar refractivity (Wildman–Crippen MR) is 75.2 cm³/mol. The van der Waals surface area contributed by atoms with Gasteiger partial charge in [-0.2, -0.15) is 0 Å². The molecule has 0 unspecified atom stereocenters. The van der Waals surface area contributed by atoms with Gasteiger partial charge >= 0.3 is 0 Å². The third-order valence-corrected chi connectivity index (χ3v) is 4.46. The molecule has 1 aliphatic heterocycles. The Hall–Kier alpha value is -0.550. The van der Waals surface area contributed by atoms with Crippen LogP contribution in [0, 0.1) is 0 Å². The lowest BCUT2D eigenvalue weighted by Gasteiger charge is -2.17. The Morgan fingerprint density at radius 1 is 1.28 bits per heavy atom. The lowest BCUT2D eigenvalue weighted by Crippen LogP contribution is -2.36. The van der Waals surface area contributed by atoms with Crippen LogP contribution in [0.25, 0.3) is 0 Å². The number of aryl methyl sites for hydroxylation is 1. The van der Waals surface area contributed by atoms with E-state index < -0.39 is 0 Å². The van der Waals surface area contributed by atoms with Crippen molar-refractivity contribution >= 4 is 11.8 Å². The van der Waals surface area contributed by atoms with Crippen molar-refractivity contribution in [3.63, 3.8) is 0 Å². The standard InChI is InChI=1S/C14H21NO2S/c16-9-13(10-17)15-6-5-11-3-4-14-12(8-11)2-1-7-18-14/h3-4,8,13,15-17H,1-2,5-7,9-10H2. The lowest BCUT2D eigenvalue weighted by atomic mass is 10.0. The second-order valence-electron chi connectivity index (χ2n) is 4.66. The molecule has 100 valence electrons. The molecule has 0 aromatic heterocycles. The van der Waals surface area contributed by atoms with Gasteiger partial charge in [-0.15, -0.1) is 11.8 Å². The van der Waals surface area contributed by atoms with Crippen molar-refractivity contribution in [2.45, 2.75) is 30.2 Å². The normalized spacial score (nSPS) is 14.8. The SMILES string of the molecule is OCC(CO)NCCc1ccc2c(c1)CCCS2. The van der Waals surface area contributed by atoms with Gasteiger partial charge in [0, 0.05) is 4.90 Å². The number of fused-ring (bicyclic) bond motifs is 1. The van der Waals surface area contributed by atoms with Crippen LogP contribution in [-0.4, -0.2) is 41.8 Å². The van der Waals surface area contributed by atoms with Crippen LogP contribution in [0.4, 0.5) is 0 Å². The zero-order valence-corrected chi connectivity index (χ0v) is 11.4. The summed E-state index contributed by atoms with van der Waals surface area (Å²) in [7, 11) is 0. The summed E-state index contributed by atoms with van der Waals surface area (Å²) >= 11 is 1.95. The van der Waals surface area contributed by atoms with Gasteiger partial charge in [-0.3, -0.25) is 0 Å². The lowest BCUT2D eigenvalue weighted by molar-refractivity contribution is 0.171. The first-order chi connectivity index (χ1) is 8.83. The number of aliphatic hydroxyl groups is 2. The molecule has 0 aliphatic carbocycles. The number of hydrogen-bond acceptors (Lipinski definition) is 4. The van der Waals surface area contributed by atoms with E-state index in [2.05, 4.69) is 23.5 Å². The first-order valence-electron chi connectivity index (χ1n) is 6.53. The molecule has 18 heavy (non-hydrogen) atoms. The van der Waals surface area contributed by atoms with Crippen LogP contribution >= 0.6 is 11.8 Å². The second kappa shape index (κ2) is 7.14. The zero-order chi connectivity index (χ0) is 12.8. The molecule has 0 saturated heterocycles. The molecule has 0 saturated carbocycles. The molecule has 0 radical (unpaired) electrons.